The molecule has 0 bridgehead atoms. The molecular weight excluding hydrogens is 172 g/mol. The lowest BCUT2D eigenvalue weighted by Crippen LogP contribution is -1.74. The van der Waals surface area contributed by atoms with Gasteiger partial charge in [-0.05, 0) is 17.5 Å². The number of thiophene rings is 1. The SMILES string of the molecule is c1cc2oc3cnnc-3cc2s1. The van der Waals surface area contributed by atoms with Gasteiger partial charge in [-0.25, -0.2) is 0 Å². The molecule has 2 aliphatic rings. The van der Waals surface area contributed by atoms with Gasteiger partial charge in [-0.2, -0.15) is 5.10 Å². The summed E-state index contributed by atoms with van der Waals surface area (Å²) in [5.41, 5.74) is 1.73. The highest BCUT2D eigenvalue weighted by Gasteiger charge is 2.09. The molecule has 0 unspecified atom stereocenters. The Labute approximate surface area is 72.0 Å². The number of nitrogens with zero attached hydrogens (tertiary/aromatic N) is 2. The summed E-state index contributed by atoms with van der Waals surface area (Å²) in [6, 6.07) is 3.94. The second-order valence-corrected chi connectivity index (χ2v) is 3.44. The van der Waals surface area contributed by atoms with Gasteiger partial charge in [-0.1, -0.05) is 0 Å². The number of aromatic nitrogens is 2. The van der Waals surface area contributed by atoms with Gasteiger partial charge in [0.1, 0.15) is 11.3 Å². The Morgan fingerprint density at radius 2 is 2.42 bits per heavy atom. The van der Waals surface area contributed by atoms with Gasteiger partial charge in [-0.15, -0.1) is 16.4 Å². The van der Waals surface area contributed by atoms with Gasteiger partial charge in [0.2, 0.25) is 0 Å². The van der Waals surface area contributed by atoms with Gasteiger partial charge in [0, 0.05) is 0 Å². The van der Waals surface area contributed by atoms with Crippen molar-refractivity contribution in [3.63, 3.8) is 0 Å². The molecule has 4 heteroatoms. The molecule has 1 aromatic heterocycles. The van der Waals surface area contributed by atoms with Crippen LogP contribution in [0.4, 0.5) is 0 Å². The lowest BCUT2D eigenvalue weighted by molar-refractivity contribution is 0.621. The Morgan fingerprint density at radius 1 is 1.42 bits per heavy atom. The number of fused-ring (bicyclic) bond motifs is 2. The number of hydrogen-bond donors (Lipinski definition) is 0. The van der Waals surface area contributed by atoms with Gasteiger partial charge in [0.15, 0.2) is 5.76 Å². The number of hydrogen-bond acceptors (Lipinski definition) is 4. The van der Waals surface area contributed by atoms with E-state index in [2.05, 4.69) is 10.2 Å². The fourth-order valence-electron chi connectivity index (χ4n) is 1.18. The quantitative estimate of drug-likeness (QED) is 0.528. The first-order valence-electron chi connectivity index (χ1n) is 3.52. The standard InChI is InChI=1S/C8H4N2OS/c1-2-12-8-3-5-7(4-9-10-5)11-6(1)8/h1-4H. The van der Waals surface area contributed by atoms with Gasteiger partial charge >= 0.3 is 0 Å². The predicted octanol–water partition coefficient (Wildman–Crippen LogP) is 2.39. The molecule has 0 aromatic carbocycles. The molecule has 3 heterocycles. The fraction of sp³-hybridized carbons (Fsp3) is 0. The zero-order valence-corrected chi connectivity index (χ0v) is 6.84. The molecule has 0 radical (unpaired) electrons. The average Bonchev–Trinajstić information content (AvgIpc) is 2.64. The van der Waals surface area contributed by atoms with Crippen LogP contribution in [-0.4, -0.2) is 10.2 Å². The van der Waals surface area contributed by atoms with E-state index in [-0.39, 0.29) is 0 Å². The van der Waals surface area contributed by atoms with E-state index in [0.717, 1.165) is 21.7 Å². The first kappa shape index (κ1) is 6.14. The van der Waals surface area contributed by atoms with Crippen molar-refractivity contribution in [1.29, 1.82) is 0 Å². The molecule has 0 atom stereocenters. The number of rotatable bonds is 0. The van der Waals surface area contributed by atoms with Crippen molar-refractivity contribution in [2.75, 3.05) is 0 Å². The van der Waals surface area contributed by atoms with Crippen LogP contribution in [0.2, 0.25) is 0 Å². The van der Waals surface area contributed by atoms with Crippen molar-refractivity contribution in [2.45, 2.75) is 0 Å². The fourth-order valence-corrected chi connectivity index (χ4v) is 1.92. The predicted molar refractivity (Wildman–Crippen MR) is 46.3 cm³/mol. The average molecular weight is 176 g/mol. The first-order valence-corrected chi connectivity index (χ1v) is 4.40. The van der Waals surface area contributed by atoms with Crippen molar-refractivity contribution in [3.05, 3.63) is 23.7 Å². The molecule has 12 heavy (non-hydrogen) atoms. The maximum absolute atomic E-state index is 5.51. The van der Waals surface area contributed by atoms with Crippen LogP contribution < -0.4 is 0 Å². The minimum absolute atomic E-state index is 0.751. The summed E-state index contributed by atoms with van der Waals surface area (Å²) >= 11 is 1.64. The minimum Gasteiger partial charge on any atom is -0.452 e. The molecule has 0 aliphatic carbocycles. The summed E-state index contributed by atoms with van der Waals surface area (Å²) in [6.45, 7) is 0. The van der Waals surface area contributed by atoms with Crippen molar-refractivity contribution in [3.8, 4) is 11.5 Å². The van der Waals surface area contributed by atoms with E-state index in [0.29, 0.717) is 0 Å². The van der Waals surface area contributed by atoms with Crippen LogP contribution in [0.3, 0.4) is 0 Å². The van der Waals surface area contributed by atoms with E-state index < -0.39 is 0 Å². The summed E-state index contributed by atoms with van der Waals surface area (Å²) < 4.78 is 6.63. The third-order valence-corrected chi connectivity index (χ3v) is 2.58. The Kier molecular flexibility index (Phi) is 1.04. The van der Waals surface area contributed by atoms with Gasteiger partial charge in [0.25, 0.3) is 0 Å². The van der Waals surface area contributed by atoms with E-state index in [1.54, 1.807) is 17.5 Å². The molecule has 3 nitrogen and oxygen atoms in total. The van der Waals surface area contributed by atoms with Gasteiger partial charge in [-0.3, -0.25) is 0 Å². The van der Waals surface area contributed by atoms with Crippen LogP contribution in [-0.2, 0) is 0 Å². The van der Waals surface area contributed by atoms with Gasteiger partial charge < -0.3 is 4.42 Å². The Bertz CT molecular complexity index is 457. The zero-order chi connectivity index (χ0) is 7.97. The third-order valence-electron chi connectivity index (χ3n) is 1.74. The normalized spacial score (nSPS) is 11.3. The maximum Gasteiger partial charge on any atom is 0.175 e. The highest BCUT2D eigenvalue weighted by Crippen LogP contribution is 2.28. The Morgan fingerprint density at radius 3 is 3.42 bits per heavy atom. The van der Waals surface area contributed by atoms with Crippen molar-refractivity contribution >= 4 is 21.6 Å². The van der Waals surface area contributed by atoms with E-state index in [9.17, 15) is 0 Å². The summed E-state index contributed by atoms with van der Waals surface area (Å²) in [4.78, 5) is 0. The van der Waals surface area contributed by atoms with Gasteiger partial charge in [0.05, 0.1) is 10.9 Å². The second kappa shape index (κ2) is 2.04. The van der Waals surface area contributed by atoms with Crippen LogP contribution in [0.5, 0.6) is 0 Å². The summed E-state index contributed by atoms with van der Waals surface area (Å²) in [5.74, 6) is 0.751. The monoisotopic (exact) mass is 176 g/mol. The molecule has 0 saturated carbocycles. The van der Waals surface area contributed by atoms with Crippen LogP contribution in [0.1, 0.15) is 0 Å². The van der Waals surface area contributed by atoms with Crippen molar-refractivity contribution < 1.29 is 4.42 Å². The topological polar surface area (TPSA) is 38.9 Å². The Hall–Kier alpha value is -1.42. The van der Waals surface area contributed by atoms with Crippen LogP contribution in [0.25, 0.3) is 21.7 Å². The molecule has 1 aromatic rings. The van der Waals surface area contributed by atoms with E-state index >= 15 is 0 Å². The van der Waals surface area contributed by atoms with Crippen LogP contribution in [0.15, 0.2) is 28.1 Å². The van der Waals surface area contributed by atoms with Crippen molar-refractivity contribution in [1.82, 2.24) is 10.2 Å². The lowest BCUT2D eigenvalue weighted by atomic mass is 10.3. The highest BCUT2D eigenvalue weighted by atomic mass is 32.1. The Balaban J connectivity index is 2.56. The zero-order valence-electron chi connectivity index (χ0n) is 6.02. The molecule has 0 saturated heterocycles. The molecule has 0 fully saturated rings. The van der Waals surface area contributed by atoms with E-state index in [1.807, 2.05) is 17.5 Å². The smallest absolute Gasteiger partial charge is 0.175 e. The largest absolute Gasteiger partial charge is 0.452 e. The van der Waals surface area contributed by atoms with Crippen molar-refractivity contribution in [2.24, 2.45) is 0 Å². The molecule has 0 N–H and O–H groups in total. The third kappa shape index (κ3) is 0.698. The maximum atomic E-state index is 5.51. The first-order chi connectivity index (χ1) is 5.93. The summed E-state index contributed by atoms with van der Waals surface area (Å²) in [7, 11) is 0. The molecule has 0 spiro atoms. The molecule has 2 aliphatic heterocycles. The van der Waals surface area contributed by atoms with E-state index in [4.69, 9.17) is 4.42 Å². The minimum atomic E-state index is 0.751. The van der Waals surface area contributed by atoms with Crippen LogP contribution >= 0.6 is 11.3 Å². The van der Waals surface area contributed by atoms with Crippen LogP contribution in [0, 0.1) is 0 Å². The summed E-state index contributed by atoms with van der Waals surface area (Å²) in [6.07, 6.45) is 1.63. The highest BCUT2D eigenvalue weighted by molar-refractivity contribution is 7.17. The molecule has 0 amide bonds. The molecule has 3 rings (SSSR count). The molecule has 58 valence electrons. The second-order valence-electron chi connectivity index (χ2n) is 2.49. The summed E-state index contributed by atoms with van der Waals surface area (Å²) in [5, 5.41) is 9.68. The molecular formula is C8H4N2OS. The lowest BCUT2D eigenvalue weighted by Gasteiger charge is -1.93. The van der Waals surface area contributed by atoms with E-state index in [1.165, 1.54) is 0 Å².